The first kappa shape index (κ1) is 34.1. The van der Waals surface area contributed by atoms with Gasteiger partial charge in [0.15, 0.2) is 11.0 Å². The van der Waals surface area contributed by atoms with Crippen LogP contribution in [0, 0.1) is 12.7 Å². The van der Waals surface area contributed by atoms with E-state index in [1.807, 2.05) is 0 Å². The number of rotatable bonds is 13. The Morgan fingerprint density at radius 3 is 2.43 bits per heavy atom. The number of hydrogen-bond donors (Lipinski definition) is 2. The van der Waals surface area contributed by atoms with Crippen molar-refractivity contribution in [3.8, 4) is 11.4 Å². The third-order valence-electron chi connectivity index (χ3n) is 6.50. The number of carbonyl (C=O) groups excluding carboxylic acids is 4. The van der Waals surface area contributed by atoms with Gasteiger partial charge in [0.05, 0.1) is 43.4 Å². The summed E-state index contributed by atoms with van der Waals surface area (Å²) in [6, 6.07) is 12.4. The van der Waals surface area contributed by atoms with Crippen molar-refractivity contribution in [1.29, 1.82) is 0 Å². The van der Waals surface area contributed by atoms with Crippen LogP contribution < -0.4 is 15.4 Å². The molecule has 0 fully saturated rings. The number of anilines is 1. The number of esters is 2. The molecule has 0 unspecified atom stereocenters. The summed E-state index contributed by atoms with van der Waals surface area (Å²) in [5.41, 5.74) is 1.12. The van der Waals surface area contributed by atoms with Gasteiger partial charge >= 0.3 is 11.9 Å². The fraction of sp³-hybridized carbons (Fsp3) is 0.290. The van der Waals surface area contributed by atoms with E-state index in [9.17, 15) is 23.6 Å². The zero-order valence-electron chi connectivity index (χ0n) is 25.7. The minimum Gasteiger partial charge on any atom is -0.495 e. The third kappa shape index (κ3) is 7.72. The number of nitrogens with one attached hydrogen (secondary N) is 2. The number of para-hydroxylation sites is 2. The van der Waals surface area contributed by atoms with Crippen molar-refractivity contribution in [2.24, 2.45) is 0 Å². The number of methoxy groups -OCH3 is 1. The highest BCUT2D eigenvalue weighted by atomic mass is 32.2. The molecule has 2 heterocycles. The molecule has 12 nitrogen and oxygen atoms in total. The molecule has 0 aliphatic carbocycles. The fourth-order valence-corrected chi connectivity index (χ4v) is 6.28. The van der Waals surface area contributed by atoms with E-state index in [0.717, 1.165) is 29.2 Å². The maximum absolute atomic E-state index is 13.7. The molecule has 0 radical (unpaired) electrons. The first-order chi connectivity index (χ1) is 22.1. The average Bonchev–Trinajstić information content (AvgIpc) is 3.59. The number of thiophene rings is 1. The Bertz CT molecular complexity index is 1760. The van der Waals surface area contributed by atoms with Crippen molar-refractivity contribution in [3.05, 3.63) is 81.7 Å². The average molecular weight is 670 g/mol. The number of amides is 2. The van der Waals surface area contributed by atoms with Crippen LogP contribution in [0.15, 0.2) is 53.7 Å². The lowest BCUT2D eigenvalue weighted by atomic mass is 10.1. The second-order valence-electron chi connectivity index (χ2n) is 9.55. The Kier molecular flexibility index (Phi) is 11.5. The van der Waals surface area contributed by atoms with Gasteiger partial charge in [-0.25, -0.2) is 14.0 Å². The predicted molar refractivity (Wildman–Crippen MR) is 170 cm³/mol. The van der Waals surface area contributed by atoms with Gasteiger partial charge in [0.25, 0.3) is 5.91 Å². The summed E-state index contributed by atoms with van der Waals surface area (Å²) < 4.78 is 31.2. The zero-order chi connectivity index (χ0) is 33.4. The van der Waals surface area contributed by atoms with E-state index in [1.54, 1.807) is 56.5 Å². The highest BCUT2D eigenvalue weighted by Crippen LogP contribution is 2.36. The van der Waals surface area contributed by atoms with Crippen molar-refractivity contribution >= 4 is 51.9 Å². The van der Waals surface area contributed by atoms with Gasteiger partial charge in [-0.1, -0.05) is 30.0 Å². The third-order valence-corrected chi connectivity index (χ3v) is 8.73. The molecule has 242 valence electrons. The summed E-state index contributed by atoms with van der Waals surface area (Å²) in [5, 5.41) is 13.7. The number of carbonyl (C=O) groups is 4. The van der Waals surface area contributed by atoms with E-state index in [0.29, 0.717) is 28.0 Å². The molecule has 1 atom stereocenters. The van der Waals surface area contributed by atoms with E-state index in [-0.39, 0.29) is 40.8 Å². The molecule has 2 aromatic carbocycles. The largest absolute Gasteiger partial charge is 0.495 e. The standard InChI is InChI=1S/C31H32FN5O7S2/c1-6-43-29(40)24-17(3)25(30(41)44-7-2)46-28(24)34-26(38)18(4)45-31-36-35-23(37(31)21-13-8-9-14-22(21)42-5)16-33-27(39)19-11-10-12-20(32)15-19/h8-15,18H,6-7,16H2,1-5H3,(H,33,39)(H,34,38)/t18-/m1/s1. The molecule has 0 saturated carbocycles. The van der Waals surface area contributed by atoms with E-state index >= 15 is 0 Å². The number of nitrogens with zero attached hydrogens (tertiary/aromatic N) is 3. The van der Waals surface area contributed by atoms with E-state index < -0.39 is 34.8 Å². The summed E-state index contributed by atoms with van der Waals surface area (Å²) in [4.78, 5) is 51.7. The Morgan fingerprint density at radius 1 is 1.02 bits per heavy atom. The Hall–Kier alpha value is -4.76. The molecule has 2 aromatic heterocycles. The van der Waals surface area contributed by atoms with Gasteiger partial charge < -0.3 is 24.8 Å². The molecule has 46 heavy (non-hydrogen) atoms. The highest BCUT2D eigenvalue weighted by Gasteiger charge is 2.29. The maximum Gasteiger partial charge on any atom is 0.348 e. The Balaban J connectivity index is 1.62. The van der Waals surface area contributed by atoms with Gasteiger partial charge in [0.2, 0.25) is 5.91 Å². The maximum atomic E-state index is 13.7. The number of benzene rings is 2. The lowest BCUT2D eigenvalue weighted by molar-refractivity contribution is -0.115. The SMILES string of the molecule is CCOC(=O)c1sc(NC(=O)[C@@H](C)Sc2nnc(CNC(=O)c3cccc(F)c3)n2-c2ccccc2OC)c(C(=O)OCC)c1C. The van der Waals surface area contributed by atoms with Crippen LogP contribution in [0.5, 0.6) is 5.75 Å². The lowest BCUT2D eigenvalue weighted by Crippen LogP contribution is -2.25. The number of thioether (sulfide) groups is 1. The van der Waals surface area contributed by atoms with Crippen molar-refractivity contribution in [2.45, 2.75) is 44.6 Å². The molecule has 0 bridgehead atoms. The monoisotopic (exact) mass is 669 g/mol. The van der Waals surface area contributed by atoms with Gasteiger partial charge in [0.1, 0.15) is 21.4 Å². The minimum atomic E-state index is -0.782. The molecule has 2 amide bonds. The smallest absolute Gasteiger partial charge is 0.348 e. The normalized spacial score (nSPS) is 11.4. The number of aromatic nitrogens is 3. The van der Waals surface area contributed by atoms with Crippen molar-refractivity contribution < 1.29 is 37.8 Å². The fourth-order valence-electron chi connectivity index (χ4n) is 4.31. The molecule has 0 aliphatic rings. The second kappa shape index (κ2) is 15.5. The first-order valence-corrected chi connectivity index (χ1v) is 15.9. The van der Waals surface area contributed by atoms with Crippen LogP contribution >= 0.6 is 23.1 Å². The van der Waals surface area contributed by atoms with Crippen LogP contribution in [0.1, 0.15) is 62.5 Å². The molecule has 0 saturated heterocycles. The molecule has 0 aliphatic heterocycles. The topological polar surface area (TPSA) is 151 Å². The molecular weight excluding hydrogens is 638 g/mol. The molecule has 0 spiro atoms. The van der Waals surface area contributed by atoms with Crippen LogP contribution in [-0.2, 0) is 20.8 Å². The van der Waals surface area contributed by atoms with Crippen molar-refractivity contribution in [3.63, 3.8) is 0 Å². The van der Waals surface area contributed by atoms with Crippen LogP contribution in [0.4, 0.5) is 9.39 Å². The van der Waals surface area contributed by atoms with Crippen LogP contribution in [-0.4, -0.2) is 64.1 Å². The van der Waals surface area contributed by atoms with E-state index in [1.165, 1.54) is 25.3 Å². The number of halogens is 1. The predicted octanol–water partition coefficient (Wildman–Crippen LogP) is 5.19. The Labute approximate surface area is 272 Å². The van der Waals surface area contributed by atoms with Gasteiger partial charge in [-0.3, -0.25) is 14.2 Å². The van der Waals surface area contributed by atoms with E-state index in [4.69, 9.17) is 14.2 Å². The summed E-state index contributed by atoms with van der Waals surface area (Å²) in [5.74, 6) is -2.02. The van der Waals surface area contributed by atoms with E-state index in [2.05, 4.69) is 20.8 Å². The highest BCUT2D eigenvalue weighted by molar-refractivity contribution is 8.00. The van der Waals surface area contributed by atoms with Crippen LogP contribution in [0.2, 0.25) is 0 Å². The summed E-state index contributed by atoms with van der Waals surface area (Å²) in [6.45, 7) is 6.73. The summed E-state index contributed by atoms with van der Waals surface area (Å²) in [6.07, 6.45) is 0. The number of ether oxygens (including phenoxy) is 3. The van der Waals surface area contributed by atoms with Crippen LogP contribution in [0.25, 0.3) is 5.69 Å². The second-order valence-corrected chi connectivity index (χ2v) is 11.9. The van der Waals surface area contributed by atoms with Crippen molar-refractivity contribution in [1.82, 2.24) is 20.1 Å². The van der Waals surface area contributed by atoms with Gasteiger partial charge in [-0.15, -0.1) is 21.5 Å². The molecular formula is C31H32FN5O7S2. The molecule has 15 heteroatoms. The molecule has 4 rings (SSSR count). The first-order valence-electron chi connectivity index (χ1n) is 14.2. The number of hydrogen-bond acceptors (Lipinski definition) is 11. The van der Waals surface area contributed by atoms with Gasteiger partial charge in [0, 0.05) is 5.56 Å². The molecule has 2 N–H and O–H groups in total. The summed E-state index contributed by atoms with van der Waals surface area (Å²) in [7, 11) is 1.51. The lowest BCUT2D eigenvalue weighted by Gasteiger charge is -2.16. The quantitative estimate of drug-likeness (QED) is 0.144. The van der Waals surface area contributed by atoms with Gasteiger partial charge in [-0.05, 0) is 63.6 Å². The summed E-state index contributed by atoms with van der Waals surface area (Å²) >= 11 is 2.00. The minimum absolute atomic E-state index is 0.0739. The Morgan fingerprint density at radius 2 is 1.74 bits per heavy atom. The van der Waals surface area contributed by atoms with Gasteiger partial charge in [-0.2, -0.15) is 0 Å². The zero-order valence-corrected chi connectivity index (χ0v) is 27.3. The molecule has 4 aromatic rings. The van der Waals surface area contributed by atoms with Crippen LogP contribution in [0.3, 0.4) is 0 Å². The van der Waals surface area contributed by atoms with Crippen molar-refractivity contribution in [2.75, 3.05) is 25.6 Å².